The second-order valence-electron chi connectivity index (χ2n) is 4.23. The first kappa shape index (κ1) is 11.6. The first-order valence-electron chi connectivity index (χ1n) is 5.79. The molecule has 0 amide bonds. The van der Waals surface area contributed by atoms with Crippen molar-refractivity contribution in [2.24, 2.45) is 0 Å². The number of hydrogen-bond donors (Lipinski definition) is 1. The van der Waals surface area contributed by atoms with Crippen molar-refractivity contribution in [3.05, 3.63) is 17.7 Å². The zero-order valence-corrected chi connectivity index (χ0v) is 9.90. The van der Waals surface area contributed by atoms with Crippen LogP contribution in [-0.2, 0) is 0 Å². The third kappa shape index (κ3) is 2.44. The first-order chi connectivity index (χ1) is 8.24. The van der Waals surface area contributed by atoms with E-state index in [0.717, 1.165) is 12.8 Å². The van der Waals surface area contributed by atoms with Crippen LogP contribution in [0, 0.1) is 11.3 Å². The van der Waals surface area contributed by atoms with Gasteiger partial charge < -0.3 is 15.2 Å². The van der Waals surface area contributed by atoms with E-state index < -0.39 is 0 Å². The summed E-state index contributed by atoms with van der Waals surface area (Å²) in [4.78, 5) is 0. The van der Waals surface area contributed by atoms with Gasteiger partial charge in [-0.15, -0.1) is 0 Å². The molecule has 0 unspecified atom stereocenters. The highest BCUT2D eigenvalue weighted by molar-refractivity contribution is 5.62. The van der Waals surface area contributed by atoms with Crippen LogP contribution in [0.1, 0.15) is 31.2 Å². The Morgan fingerprint density at radius 1 is 1.29 bits per heavy atom. The minimum absolute atomic E-state index is 0.235. The summed E-state index contributed by atoms with van der Waals surface area (Å²) in [6.07, 6.45) is 4.77. The van der Waals surface area contributed by atoms with E-state index in [1.165, 1.54) is 12.8 Å². The van der Waals surface area contributed by atoms with Crippen molar-refractivity contribution in [3.8, 4) is 17.6 Å². The minimum Gasteiger partial charge on any atom is -0.493 e. The number of benzene rings is 1. The SMILES string of the molecule is COc1cc(N)c(C#N)cc1OC1CCCC1. The van der Waals surface area contributed by atoms with Gasteiger partial charge in [0.2, 0.25) is 0 Å². The summed E-state index contributed by atoms with van der Waals surface area (Å²) in [7, 11) is 1.57. The molecular formula is C13H16N2O2. The van der Waals surface area contributed by atoms with Gasteiger partial charge in [0, 0.05) is 12.1 Å². The lowest BCUT2D eigenvalue weighted by Crippen LogP contribution is -2.12. The maximum atomic E-state index is 8.94. The fraction of sp³-hybridized carbons (Fsp3) is 0.462. The maximum Gasteiger partial charge on any atom is 0.163 e. The van der Waals surface area contributed by atoms with Crippen LogP contribution in [0.2, 0.25) is 0 Å². The molecule has 2 rings (SSSR count). The molecule has 0 aliphatic heterocycles. The summed E-state index contributed by atoms with van der Waals surface area (Å²) in [6, 6.07) is 5.35. The van der Waals surface area contributed by atoms with E-state index >= 15 is 0 Å². The lowest BCUT2D eigenvalue weighted by atomic mass is 10.1. The monoisotopic (exact) mass is 232 g/mol. The van der Waals surface area contributed by atoms with Gasteiger partial charge in [-0.2, -0.15) is 5.26 Å². The molecule has 1 aliphatic carbocycles. The van der Waals surface area contributed by atoms with Crippen LogP contribution in [0.3, 0.4) is 0 Å². The number of hydrogen-bond acceptors (Lipinski definition) is 4. The molecule has 1 aromatic carbocycles. The summed E-state index contributed by atoms with van der Waals surface area (Å²) in [5.41, 5.74) is 6.58. The molecule has 0 spiro atoms. The van der Waals surface area contributed by atoms with Crippen LogP contribution < -0.4 is 15.2 Å². The molecule has 1 saturated carbocycles. The van der Waals surface area contributed by atoms with Gasteiger partial charge in [0.05, 0.1) is 24.5 Å². The number of methoxy groups -OCH3 is 1. The molecule has 1 aliphatic rings. The normalized spacial score (nSPS) is 15.5. The molecule has 0 radical (unpaired) electrons. The summed E-state index contributed by atoms with van der Waals surface area (Å²) in [5.74, 6) is 1.21. The molecule has 90 valence electrons. The van der Waals surface area contributed by atoms with Crippen molar-refractivity contribution < 1.29 is 9.47 Å². The predicted molar refractivity (Wildman–Crippen MR) is 65.0 cm³/mol. The Hall–Kier alpha value is -1.89. The van der Waals surface area contributed by atoms with E-state index in [0.29, 0.717) is 22.7 Å². The molecule has 1 aromatic rings. The number of rotatable bonds is 3. The second-order valence-corrected chi connectivity index (χ2v) is 4.23. The number of nitrogen functional groups attached to an aromatic ring is 1. The van der Waals surface area contributed by atoms with Crippen molar-refractivity contribution in [1.82, 2.24) is 0 Å². The topological polar surface area (TPSA) is 68.3 Å². The molecule has 2 N–H and O–H groups in total. The van der Waals surface area contributed by atoms with E-state index in [1.54, 1.807) is 19.2 Å². The quantitative estimate of drug-likeness (QED) is 0.813. The molecule has 0 heterocycles. The molecular weight excluding hydrogens is 216 g/mol. The lowest BCUT2D eigenvalue weighted by molar-refractivity contribution is 0.201. The predicted octanol–water partition coefficient (Wildman–Crippen LogP) is 2.47. The van der Waals surface area contributed by atoms with Crippen LogP contribution in [0.5, 0.6) is 11.5 Å². The summed E-state index contributed by atoms with van der Waals surface area (Å²) in [5, 5.41) is 8.94. The lowest BCUT2D eigenvalue weighted by Gasteiger charge is -2.16. The average molecular weight is 232 g/mol. The first-order valence-corrected chi connectivity index (χ1v) is 5.79. The Bertz CT molecular complexity index is 445. The zero-order chi connectivity index (χ0) is 12.3. The Kier molecular flexibility index (Phi) is 3.38. The van der Waals surface area contributed by atoms with Crippen molar-refractivity contribution >= 4 is 5.69 Å². The molecule has 4 nitrogen and oxygen atoms in total. The van der Waals surface area contributed by atoms with Gasteiger partial charge in [0.15, 0.2) is 11.5 Å². The van der Waals surface area contributed by atoms with Gasteiger partial charge in [-0.25, -0.2) is 0 Å². The Balaban J connectivity index is 2.27. The summed E-state index contributed by atoms with van der Waals surface area (Å²) in [6.45, 7) is 0. The third-order valence-electron chi connectivity index (χ3n) is 3.05. The smallest absolute Gasteiger partial charge is 0.163 e. The summed E-state index contributed by atoms with van der Waals surface area (Å²) >= 11 is 0. The van der Waals surface area contributed by atoms with E-state index in [-0.39, 0.29) is 6.10 Å². The molecule has 0 saturated heterocycles. The van der Waals surface area contributed by atoms with E-state index in [4.69, 9.17) is 20.5 Å². The number of nitrogens with two attached hydrogens (primary N) is 1. The van der Waals surface area contributed by atoms with Crippen LogP contribution in [0.15, 0.2) is 12.1 Å². The van der Waals surface area contributed by atoms with Gasteiger partial charge >= 0.3 is 0 Å². The van der Waals surface area contributed by atoms with Crippen molar-refractivity contribution in [2.45, 2.75) is 31.8 Å². The largest absolute Gasteiger partial charge is 0.493 e. The Morgan fingerprint density at radius 2 is 2.00 bits per heavy atom. The fourth-order valence-electron chi connectivity index (χ4n) is 2.11. The molecule has 0 atom stereocenters. The average Bonchev–Trinajstić information content (AvgIpc) is 2.83. The Morgan fingerprint density at radius 3 is 2.59 bits per heavy atom. The number of nitriles is 1. The molecule has 17 heavy (non-hydrogen) atoms. The standard InChI is InChI=1S/C13H16N2O2/c1-16-12-7-11(15)9(8-14)6-13(12)17-10-4-2-3-5-10/h6-7,10H,2-5,15H2,1H3. The van der Waals surface area contributed by atoms with Gasteiger partial charge in [-0.3, -0.25) is 0 Å². The molecule has 4 heteroatoms. The number of anilines is 1. The van der Waals surface area contributed by atoms with Gasteiger partial charge in [0.25, 0.3) is 0 Å². The van der Waals surface area contributed by atoms with Crippen LogP contribution >= 0.6 is 0 Å². The van der Waals surface area contributed by atoms with E-state index in [2.05, 4.69) is 6.07 Å². The van der Waals surface area contributed by atoms with Crippen LogP contribution in [0.4, 0.5) is 5.69 Å². The van der Waals surface area contributed by atoms with Crippen molar-refractivity contribution in [2.75, 3.05) is 12.8 Å². The van der Waals surface area contributed by atoms with E-state index in [9.17, 15) is 0 Å². The fourth-order valence-corrected chi connectivity index (χ4v) is 2.11. The van der Waals surface area contributed by atoms with Gasteiger partial charge in [-0.1, -0.05) is 0 Å². The minimum atomic E-state index is 0.235. The van der Waals surface area contributed by atoms with Crippen molar-refractivity contribution in [1.29, 1.82) is 5.26 Å². The van der Waals surface area contributed by atoms with Crippen LogP contribution in [-0.4, -0.2) is 13.2 Å². The highest BCUT2D eigenvalue weighted by atomic mass is 16.5. The van der Waals surface area contributed by atoms with E-state index in [1.807, 2.05) is 0 Å². The third-order valence-corrected chi connectivity index (χ3v) is 3.05. The van der Waals surface area contributed by atoms with Gasteiger partial charge in [-0.05, 0) is 25.7 Å². The van der Waals surface area contributed by atoms with Crippen LogP contribution in [0.25, 0.3) is 0 Å². The highest BCUT2D eigenvalue weighted by Gasteiger charge is 2.19. The summed E-state index contributed by atoms with van der Waals surface area (Å²) < 4.78 is 11.1. The highest BCUT2D eigenvalue weighted by Crippen LogP contribution is 2.34. The maximum absolute atomic E-state index is 8.94. The second kappa shape index (κ2) is 4.96. The molecule has 0 aromatic heterocycles. The molecule has 0 bridgehead atoms. The zero-order valence-electron chi connectivity index (χ0n) is 9.90. The van der Waals surface area contributed by atoms with Crippen molar-refractivity contribution in [3.63, 3.8) is 0 Å². The Labute approximate surface area is 101 Å². The number of nitrogens with zero attached hydrogens (tertiary/aromatic N) is 1. The van der Waals surface area contributed by atoms with Gasteiger partial charge in [0.1, 0.15) is 6.07 Å². The molecule has 1 fully saturated rings. The number of ether oxygens (including phenoxy) is 2.